The lowest BCUT2D eigenvalue weighted by Gasteiger charge is -2.05. The summed E-state index contributed by atoms with van der Waals surface area (Å²) in [5.41, 5.74) is 2.58. The van der Waals surface area contributed by atoms with Gasteiger partial charge >= 0.3 is 0 Å². The van der Waals surface area contributed by atoms with Gasteiger partial charge in [-0.3, -0.25) is 4.79 Å². The van der Waals surface area contributed by atoms with Gasteiger partial charge in [-0.25, -0.2) is 9.37 Å². The smallest absolute Gasteiger partial charge is 0.260 e. The second-order valence-corrected chi connectivity index (χ2v) is 7.37. The molecule has 0 aliphatic heterocycles. The number of aromatic amines is 1. The number of nitrogens with one attached hydrogen (secondary N) is 2. The summed E-state index contributed by atoms with van der Waals surface area (Å²) in [7, 11) is 0. The van der Waals surface area contributed by atoms with Gasteiger partial charge < -0.3 is 10.3 Å². The maximum absolute atomic E-state index is 12.9. The second kappa shape index (κ2) is 7.60. The summed E-state index contributed by atoms with van der Waals surface area (Å²) in [5.74, 6) is 0.309. The van der Waals surface area contributed by atoms with Crippen LogP contribution in [0.4, 0.5) is 4.39 Å². The fourth-order valence-electron chi connectivity index (χ4n) is 2.85. The number of hydrogen-bond donors (Lipinski definition) is 2. The van der Waals surface area contributed by atoms with Crippen molar-refractivity contribution in [3.63, 3.8) is 0 Å². The number of benzene rings is 2. The molecule has 7 heteroatoms. The molecule has 0 aliphatic rings. The Bertz CT molecular complexity index is 1140. The summed E-state index contributed by atoms with van der Waals surface area (Å²) < 4.78 is 12.9. The Morgan fingerprint density at radius 3 is 2.56 bits per heavy atom. The first-order valence-electron chi connectivity index (χ1n) is 8.31. The van der Waals surface area contributed by atoms with E-state index in [2.05, 4.69) is 15.3 Å². The fraction of sp³-hybridized carbons (Fsp3) is 0.100. The van der Waals surface area contributed by atoms with E-state index in [-0.39, 0.29) is 11.4 Å². The first-order valence-corrected chi connectivity index (χ1v) is 9.57. The number of halogens is 2. The topological polar surface area (TPSA) is 57.8 Å². The number of thiophene rings is 1. The number of H-pyrrole nitrogens is 1. The van der Waals surface area contributed by atoms with E-state index in [1.807, 2.05) is 17.5 Å². The Hall–Kier alpha value is -2.54. The number of rotatable bonds is 5. The molecule has 0 saturated heterocycles. The van der Waals surface area contributed by atoms with Crippen LogP contribution in [0, 0.1) is 5.82 Å². The second-order valence-electron chi connectivity index (χ2n) is 6.08. The van der Waals surface area contributed by atoms with Gasteiger partial charge in [-0.2, -0.15) is 0 Å². The Kier molecular flexibility index (Phi) is 5.03. The van der Waals surface area contributed by atoms with E-state index in [0.717, 1.165) is 16.7 Å². The van der Waals surface area contributed by atoms with Crippen LogP contribution in [0.25, 0.3) is 21.3 Å². The molecule has 27 heavy (non-hydrogen) atoms. The van der Waals surface area contributed by atoms with E-state index in [0.29, 0.717) is 34.2 Å². The van der Waals surface area contributed by atoms with Crippen LogP contribution in [-0.4, -0.2) is 9.97 Å². The molecule has 0 atom stereocenters. The van der Waals surface area contributed by atoms with Gasteiger partial charge in [-0.15, -0.1) is 11.3 Å². The van der Waals surface area contributed by atoms with E-state index in [9.17, 15) is 9.18 Å². The largest absolute Gasteiger partial charge is 0.309 e. The highest BCUT2D eigenvalue weighted by Crippen LogP contribution is 2.31. The summed E-state index contributed by atoms with van der Waals surface area (Å²) in [6.07, 6.45) is 0. The average Bonchev–Trinajstić information content (AvgIpc) is 3.09. The van der Waals surface area contributed by atoms with Crippen LogP contribution in [0.2, 0.25) is 5.02 Å². The van der Waals surface area contributed by atoms with Crippen LogP contribution in [0.3, 0.4) is 0 Å². The van der Waals surface area contributed by atoms with Crippen LogP contribution < -0.4 is 10.9 Å². The quantitative estimate of drug-likeness (QED) is 0.510. The van der Waals surface area contributed by atoms with E-state index < -0.39 is 0 Å². The van der Waals surface area contributed by atoms with Crippen LogP contribution in [0.1, 0.15) is 11.4 Å². The summed E-state index contributed by atoms with van der Waals surface area (Å²) in [5, 5.41) is 6.39. The van der Waals surface area contributed by atoms with Gasteiger partial charge in [0, 0.05) is 22.5 Å². The molecule has 4 rings (SSSR count). The minimum absolute atomic E-state index is 0.162. The highest BCUT2D eigenvalue weighted by Gasteiger charge is 2.13. The third-order valence-electron chi connectivity index (χ3n) is 4.18. The molecule has 2 aromatic carbocycles. The van der Waals surface area contributed by atoms with Gasteiger partial charge in [0.25, 0.3) is 5.56 Å². The van der Waals surface area contributed by atoms with Crippen LogP contribution in [-0.2, 0) is 13.1 Å². The van der Waals surface area contributed by atoms with E-state index in [1.54, 1.807) is 24.3 Å². The van der Waals surface area contributed by atoms with Crippen molar-refractivity contribution < 1.29 is 4.39 Å². The minimum Gasteiger partial charge on any atom is -0.309 e. The maximum Gasteiger partial charge on any atom is 0.260 e. The highest BCUT2D eigenvalue weighted by molar-refractivity contribution is 7.17. The van der Waals surface area contributed by atoms with Crippen LogP contribution >= 0.6 is 22.9 Å². The van der Waals surface area contributed by atoms with Crippen molar-refractivity contribution in [2.45, 2.75) is 13.1 Å². The van der Waals surface area contributed by atoms with Crippen molar-refractivity contribution in [3.8, 4) is 11.1 Å². The van der Waals surface area contributed by atoms with Crippen molar-refractivity contribution in [1.82, 2.24) is 15.3 Å². The monoisotopic (exact) mass is 399 g/mol. The standard InChI is InChI=1S/C20H15ClFN3OS/c21-14-5-3-13(4-6-14)16-11-27-20-18(16)19(26)24-17(25-20)10-23-9-12-1-7-15(22)8-2-12/h1-8,11,23H,9-10H2,(H,24,25,26). The van der Waals surface area contributed by atoms with Gasteiger partial charge in [-0.1, -0.05) is 35.9 Å². The highest BCUT2D eigenvalue weighted by atomic mass is 35.5. The summed E-state index contributed by atoms with van der Waals surface area (Å²) in [6, 6.07) is 13.7. The van der Waals surface area contributed by atoms with Crippen molar-refractivity contribution in [2.75, 3.05) is 0 Å². The van der Waals surface area contributed by atoms with Crippen LogP contribution in [0.15, 0.2) is 58.7 Å². The van der Waals surface area contributed by atoms with E-state index in [1.165, 1.54) is 23.5 Å². The zero-order valence-electron chi connectivity index (χ0n) is 14.1. The average molecular weight is 400 g/mol. The number of hydrogen-bond acceptors (Lipinski definition) is 4. The lowest BCUT2D eigenvalue weighted by molar-refractivity contribution is 0.623. The van der Waals surface area contributed by atoms with Crippen molar-refractivity contribution in [3.05, 3.63) is 86.5 Å². The lowest BCUT2D eigenvalue weighted by atomic mass is 10.1. The summed E-state index contributed by atoms with van der Waals surface area (Å²) in [6.45, 7) is 0.971. The molecule has 0 spiro atoms. The first kappa shape index (κ1) is 17.9. The normalized spacial score (nSPS) is 11.2. The molecule has 0 amide bonds. The first-order chi connectivity index (χ1) is 13.1. The molecule has 2 N–H and O–H groups in total. The van der Waals surface area contributed by atoms with Crippen molar-refractivity contribution >= 4 is 33.2 Å². The molecule has 0 unspecified atom stereocenters. The van der Waals surface area contributed by atoms with Gasteiger partial charge in [0.05, 0.1) is 11.9 Å². The van der Waals surface area contributed by atoms with E-state index >= 15 is 0 Å². The summed E-state index contributed by atoms with van der Waals surface area (Å²) in [4.78, 5) is 20.7. The van der Waals surface area contributed by atoms with Gasteiger partial charge in [-0.05, 0) is 35.4 Å². The van der Waals surface area contributed by atoms with Gasteiger partial charge in [0.1, 0.15) is 16.5 Å². The summed E-state index contributed by atoms with van der Waals surface area (Å²) >= 11 is 7.38. The molecule has 0 aliphatic carbocycles. The number of nitrogens with zero attached hydrogens (tertiary/aromatic N) is 1. The van der Waals surface area contributed by atoms with Crippen molar-refractivity contribution in [1.29, 1.82) is 0 Å². The zero-order chi connectivity index (χ0) is 18.8. The molecule has 0 bridgehead atoms. The SMILES string of the molecule is O=c1[nH]c(CNCc2ccc(F)cc2)nc2scc(-c3ccc(Cl)cc3)c12. The molecule has 0 saturated carbocycles. The molecule has 4 aromatic rings. The van der Waals surface area contributed by atoms with Gasteiger partial charge in [0.15, 0.2) is 0 Å². The predicted octanol–water partition coefficient (Wildman–Crippen LogP) is 4.73. The Labute approximate surface area is 163 Å². The van der Waals surface area contributed by atoms with E-state index in [4.69, 9.17) is 11.6 Å². The minimum atomic E-state index is -0.260. The Morgan fingerprint density at radius 2 is 1.81 bits per heavy atom. The van der Waals surface area contributed by atoms with Crippen molar-refractivity contribution in [2.24, 2.45) is 0 Å². The molecular weight excluding hydrogens is 385 g/mol. The molecule has 4 nitrogen and oxygen atoms in total. The Balaban J connectivity index is 1.55. The lowest BCUT2D eigenvalue weighted by Crippen LogP contribution is -2.19. The molecule has 2 heterocycles. The molecule has 136 valence electrons. The predicted molar refractivity (Wildman–Crippen MR) is 108 cm³/mol. The van der Waals surface area contributed by atoms with Gasteiger partial charge in [0.2, 0.25) is 0 Å². The zero-order valence-corrected chi connectivity index (χ0v) is 15.7. The fourth-order valence-corrected chi connectivity index (χ4v) is 3.94. The number of aromatic nitrogens is 2. The molecular formula is C20H15ClFN3OS. The number of fused-ring (bicyclic) bond motifs is 1. The molecule has 0 radical (unpaired) electrons. The molecule has 2 aromatic heterocycles. The molecule has 0 fully saturated rings. The van der Waals surface area contributed by atoms with Crippen LogP contribution in [0.5, 0.6) is 0 Å². The maximum atomic E-state index is 12.9. The Morgan fingerprint density at radius 1 is 1.07 bits per heavy atom. The third-order valence-corrected chi connectivity index (χ3v) is 5.31. The third kappa shape index (κ3) is 3.93.